The van der Waals surface area contributed by atoms with E-state index in [0.717, 1.165) is 5.84 Å². The quantitative estimate of drug-likeness (QED) is 0.383. The van der Waals surface area contributed by atoms with Crippen molar-refractivity contribution in [3.05, 3.63) is 0 Å². The zero-order valence-electron chi connectivity index (χ0n) is 6.97. The molecule has 0 fully saturated rings. The highest BCUT2D eigenvalue weighted by atomic mass is 15.1. The van der Waals surface area contributed by atoms with Crippen molar-refractivity contribution in [3.8, 4) is 0 Å². The number of hydrogen-bond donors (Lipinski definition) is 0. The van der Waals surface area contributed by atoms with E-state index < -0.39 is 0 Å². The first-order chi connectivity index (χ1) is 4.09. The highest BCUT2D eigenvalue weighted by Crippen LogP contribution is 1.97. The Morgan fingerprint density at radius 1 is 1.33 bits per heavy atom. The van der Waals surface area contributed by atoms with E-state index in [0.29, 0.717) is 5.92 Å². The minimum atomic E-state index is 0.532. The summed E-state index contributed by atoms with van der Waals surface area (Å²) in [5.41, 5.74) is 0. The Balaban J connectivity index is 4.01. The average Bonchev–Trinajstić information content (AvgIpc) is 1.64. The fourth-order valence-corrected chi connectivity index (χ4v) is 0.975. The molecule has 0 N–H and O–H groups in total. The van der Waals surface area contributed by atoms with E-state index in [4.69, 9.17) is 0 Å². The molecule has 0 aliphatic heterocycles. The molecular formula is C7H16N2. The summed E-state index contributed by atoms with van der Waals surface area (Å²) in [5.74, 6) is 1.68. The molecule has 9 heavy (non-hydrogen) atoms. The van der Waals surface area contributed by atoms with Crippen LogP contribution in [0, 0.1) is 5.92 Å². The van der Waals surface area contributed by atoms with Crippen molar-refractivity contribution in [2.24, 2.45) is 10.9 Å². The Morgan fingerprint density at radius 3 is 1.78 bits per heavy atom. The second kappa shape index (κ2) is 3.49. The fourth-order valence-electron chi connectivity index (χ4n) is 0.975. The van der Waals surface area contributed by atoms with Crippen molar-refractivity contribution in [2.75, 3.05) is 21.1 Å². The van der Waals surface area contributed by atoms with Gasteiger partial charge in [-0.2, -0.15) is 0 Å². The van der Waals surface area contributed by atoms with E-state index in [1.807, 2.05) is 26.0 Å². The van der Waals surface area contributed by atoms with Gasteiger partial charge < -0.3 is 4.90 Å². The standard InChI is InChI=1S/C7H16N2/c1-6(2)7(8-3)9(4)5/h6H,1-5H3/b8-7-. The van der Waals surface area contributed by atoms with Crippen LogP contribution in [0.25, 0.3) is 0 Å². The first kappa shape index (κ1) is 8.47. The summed E-state index contributed by atoms with van der Waals surface area (Å²) in [6.07, 6.45) is 0. The zero-order valence-corrected chi connectivity index (χ0v) is 6.97. The SMILES string of the molecule is C/N=C(/C(C)C)N(C)C. The van der Waals surface area contributed by atoms with E-state index in [9.17, 15) is 0 Å². The van der Waals surface area contributed by atoms with E-state index in [1.165, 1.54) is 0 Å². The second-order valence-corrected chi connectivity index (χ2v) is 2.63. The molecule has 0 unspecified atom stereocenters. The van der Waals surface area contributed by atoms with Gasteiger partial charge in [-0.3, -0.25) is 4.99 Å². The number of nitrogens with zero attached hydrogens (tertiary/aromatic N) is 2. The summed E-state index contributed by atoms with van der Waals surface area (Å²) in [4.78, 5) is 6.18. The van der Waals surface area contributed by atoms with E-state index in [-0.39, 0.29) is 0 Å². The van der Waals surface area contributed by atoms with E-state index >= 15 is 0 Å². The first-order valence-corrected chi connectivity index (χ1v) is 3.23. The van der Waals surface area contributed by atoms with Gasteiger partial charge in [-0.1, -0.05) is 13.8 Å². The summed E-state index contributed by atoms with van der Waals surface area (Å²) in [7, 11) is 5.86. The summed E-state index contributed by atoms with van der Waals surface area (Å²) in [6, 6.07) is 0. The molecule has 0 heterocycles. The van der Waals surface area contributed by atoms with Crippen molar-refractivity contribution in [1.29, 1.82) is 0 Å². The largest absolute Gasteiger partial charge is 0.366 e. The van der Waals surface area contributed by atoms with Gasteiger partial charge >= 0.3 is 0 Å². The third-order valence-corrected chi connectivity index (χ3v) is 1.20. The lowest BCUT2D eigenvalue weighted by atomic mass is 10.2. The van der Waals surface area contributed by atoms with Crippen LogP contribution in [-0.4, -0.2) is 31.9 Å². The molecule has 0 amide bonds. The van der Waals surface area contributed by atoms with Gasteiger partial charge in [0.05, 0.1) is 0 Å². The first-order valence-electron chi connectivity index (χ1n) is 3.23. The Bertz CT molecular complexity index is 93.5. The maximum atomic E-state index is 4.13. The van der Waals surface area contributed by atoms with Crippen LogP contribution >= 0.6 is 0 Å². The Morgan fingerprint density at radius 2 is 1.78 bits per heavy atom. The predicted octanol–water partition coefficient (Wildman–Crippen LogP) is 1.23. The van der Waals surface area contributed by atoms with E-state index in [1.54, 1.807) is 0 Å². The second-order valence-electron chi connectivity index (χ2n) is 2.63. The van der Waals surface area contributed by atoms with Crippen LogP contribution in [0.1, 0.15) is 13.8 Å². The highest BCUT2D eigenvalue weighted by Gasteiger charge is 2.03. The molecule has 2 heteroatoms. The third kappa shape index (κ3) is 2.49. The predicted molar refractivity (Wildman–Crippen MR) is 41.9 cm³/mol. The highest BCUT2D eigenvalue weighted by molar-refractivity contribution is 5.83. The molecular weight excluding hydrogens is 112 g/mol. The van der Waals surface area contributed by atoms with Crippen LogP contribution in [0.15, 0.2) is 4.99 Å². The number of rotatable bonds is 1. The van der Waals surface area contributed by atoms with Crippen LogP contribution in [0.5, 0.6) is 0 Å². The lowest BCUT2D eigenvalue weighted by Gasteiger charge is -2.17. The monoisotopic (exact) mass is 128 g/mol. The zero-order chi connectivity index (χ0) is 7.44. The van der Waals surface area contributed by atoms with Gasteiger partial charge in [-0.25, -0.2) is 0 Å². The van der Waals surface area contributed by atoms with Crippen LogP contribution in [0.2, 0.25) is 0 Å². The molecule has 0 aromatic carbocycles. The van der Waals surface area contributed by atoms with E-state index in [2.05, 4.69) is 18.8 Å². The van der Waals surface area contributed by atoms with Gasteiger partial charge in [0.2, 0.25) is 0 Å². The molecule has 0 aromatic rings. The molecule has 0 aliphatic rings. The molecule has 0 radical (unpaired) electrons. The molecule has 2 nitrogen and oxygen atoms in total. The molecule has 0 spiro atoms. The normalized spacial score (nSPS) is 12.4. The third-order valence-electron chi connectivity index (χ3n) is 1.20. The van der Waals surface area contributed by atoms with Gasteiger partial charge in [0.1, 0.15) is 5.84 Å². The van der Waals surface area contributed by atoms with Gasteiger partial charge in [0, 0.05) is 27.1 Å². The van der Waals surface area contributed by atoms with Gasteiger partial charge in [-0.15, -0.1) is 0 Å². The minimum Gasteiger partial charge on any atom is -0.366 e. The van der Waals surface area contributed by atoms with Crippen molar-refractivity contribution in [2.45, 2.75) is 13.8 Å². The molecule has 0 saturated carbocycles. The topological polar surface area (TPSA) is 15.6 Å². The molecule has 0 aliphatic carbocycles. The van der Waals surface area contributed by atoms with Gasteiger partial charge in [-0.05, 0) is 0 Å². The maximum Gasteiger partial charge on any atom is 0.101 e. The number of amidine groups is 1. The molecule has 0 saturated heterocycles. The van der Waals surface area contributed by atoms with Crippen molar-refractivity contribution in [3.63, 3.8) is 0 Å². The van der Waals surface area contributed by atoms with Crippen molar-refractivity contribution < 1.29 is 0 Å². The van der Waals surface area contributed by atoms with Crippen LogP contribution in [-0.2, 0) is 0 Å². The average molecular weight is 128 g/mol. The minimum absolute atomic E-state index is 0.532. The molecule has 0 rings (SSSR count). The fraction of sp³-hybridized carbons (Fsp3) is 0.857. The van der Waals surface area contributed by atoms with Crippen LogP contribution in [0.3, 0.4) is 0 Å². The summed E-state index contributed by atoms with van der Waals surface area (Å²) in [5, 5.41) is 0. The van der Waals surface area contributed by atoms with Crippen molar-refractivity contribution >= 4 is 5.84 Å². The van der Waals surface area contributed by atoms with Crippen molar-refractivity contribution in [1.82, 2.24) is 4.90 Å². The summed E-state index contributed by atoms with van der Waals surface area (Å²) >= 11 is 0. The summed E-state index contributed by atoms with van der Waals surface area (Å²) in [6.45, 7) is 4.28. The number of hydrogen-bond acceptors (Lipinski definition) is 1. The number of aliphatic imine (C=N–C) groups is 1. The summed E-state index contributed by atoms with van der Waals surface area (Å²) < 4.78 is 0. The molecule has 0 bridgehead atoms. The Kier molecular flexibility index (Phi) is 3.28. The Labute approximate surface area is 57.6 Å². The maximum absolute atomic E-state index is 4.13. The lowest BCUT2D eigenvalue weighted by molar-refractivity contribution is 0.573. The molecule has 54 valence electrons. The smallest absolute Gasteiger partial charge is 0.101 e. The van der Waals surface area contributed by atoms with Gasteiger partial charge in [0.25, 0.3) is 0 Å². The molecule has 0 atom stereocenters. The Hall–Kier alpha value is -0.530. The van der Waals surface area contributed by atoms with Crippen LogP contribution in [0.4, 0.5) is 0 Å². The molecule has 0 aromatic heterocycles. The van der Waals surface area contributed by atoms with Gasteiger partial charge in [0.15, 0.2) is 0 Å². The lowest BCUT2D eigenvalue weighted by Crippen LogP contribution is -2.26. The van der Waals surface area contributed by atoms with Crippen LogP contribution < -0.4 is 0 Å².